The first kappa shape index (κ1) is 17.3. The number of aromatic amines is 2. The monoisotopic (exact) mass is 360 g/mol. The Hall–Kier alpha value is -2.55. The molecule has 8 nitrogen and oxygen atoms in total. The summed E-state index contributed by atoms with van der Waals surface area (Å²) in [5, 5.41) is 11.1. The molecule has 0 fully saturated rings. The number of aromatic nitrogens is 5. The summed E-state index contributed by atoms with van der Waals surface area (Å²) < 4.78 is 5.25. The van der Waals surface area contributed by atoms with Gasteiger partial charge in [0.25, 0.3) is 5.56 Å². The molecule has 3 aromatic heterocycles. The Morgan fingerprint density at radius 1 is 1.28 bits per heavy atom. The zero-order valence-electron chi connectivity index (χ0n) is 13.9. The van der Waals surface area contributed by atoms with E-state index < -0.39 is 0 Å². The van der Waals surface area contributed by atoms with E-state index in [1.54, 1.807) is 24.4 Å². The molecule has 0 bridgehead atoms. The first-order chi connectivity index (χ1) is 12.2. The van der Waals surface area contributed by atoms with E-state index in [2.05, 4.69) is 30.5 Å². The van der Waals surface area contributed by atoms with E-state index in [0.29, 0.717) is 31.0 Å². The van der Waals surface area contributed by atoms with Crippen molar-refractivity contribution in [3.63, 3.8) is 0 Å². The molecule has 132 valence electrons. The zero-order valence-corrected chi connectivity index (χ0v) is 14.7. The van der Waals surface area contributed by atoms with Crippen LogP contribution in [0, 0.1) is 6.92 Å². The summed E-state index contributed by atoms with van der Waals surface area (Å²) in [6.45, 7) is 2.69. The molecule has 0 unspecified atom stereocenters. The van der Waals surface area contributed by atoms with Crippen LogP contribution in [0.25, 0.3) is 0 Å². The van der Waals surface area contributed by atoms with Crippen LogP contribution in [-0.4, -0.2) is 37.4 Å². The van der Waals surface area contributed by atoms with Crippen LogP contribution in [0.5, 0.6) is 0 Å². The molecule has 0 radical (unpaired) electrons. The number of nitrogens with one attached hydrogen (secondary N) is 3. The third-order valence-corrected chi connectivity index (χ3v) is 4.64. The molecule has 0 aliphatic rings. The van der Waals surface area contributed by atoms with Crippen LogP contribution in [-0.2, 0) is 18.6 Å². The van der Waals surface area contributed by atoms with Gasteiger partial charge in [0.1, 0.15) is 11.5 Å². The quantitative estimate of drug-likeness (QED) is 0.500. The van der Waals surface area contributed by atoms with Gasteiger partial charge in [-0.3, -0.25) is 9.78 Å². The fourth-order valence-corrected chi connectivity index (χ4v) is 3.12. The summed E-state index contributed by atoms with van der Waals surface area (Å²) in [5.41, 5.74) is 2.36. The van der Waals surface area contributed by atoms with Crippen LogP contribution < -0.4 is 10.9 Å². The van der Waals surface area contributed by atoms with Crippen molar-refractivity contribution in [1.29, 1.82) is 0 Å². The lowest BCUT2D eigenvalue weighted by atomic mass is 10.2. The van der Waals surface area contributed by atoms with Gasteiger partial charge in [0.05, 0.1) is 18.3 Å². The van der Waals surface area contributed by atoms with Crippen molar-refractivity contribution in [3.8, 4) is 0 Å². The van der Waals surface area contributed by atoms with Crippen molar-refractivity contribution in [1.82, 2.24) is 25.1 Å². The van der Waals surface area contributed by atoms with Gasteiger partial charge in [0.2, 0.25) is 5.95 Å². The summed E-state index contributed by atoms with van der Waals surface area (Å²) in [7, 11) is 0. The number of imidazole rings is 1. The van der Waals surface area contributed by atoms with E-state index in [4.69, 9.17) is 4.42 Å². The summed E-state index contributed by atoms with van der Waals surface area (Å²) in [5.74, 6) is 2.94. The van der Waals surface area contributed by atoms with E-state index >= 15 is 0 Å². The predicted octanol–water partition coefficient (Wildman–Crippen LogP) is 1.92. The van der Waals surface area contributed by atoms with E-state index in [0.717, 1.165) is 28.7 Å². The third kappa shape index (κ3) is 4.96. The first-order valence-corrected chi connectivity index (χ1v) is 9.16. The molecule has 0 amide bonds. The van der Waals surface area contributed by atoms with Crippen LogP contribution in [0.4, 0.5) is 5.95 Å². The Morgan fingerprint density at radius 3 is 2.92 bits per heavy atom. The van der Waals surface area contributed by atoms with Crippen molar-refractivity contribution in [3.05, 3.63) is 57.9 Å². The molecule has 9 heteroatoms. The Kier molecular flexibility index (Phi) is 5.89. The Morgan fingerprint density at radius 2 is 2.20 bits per heavy atom. The predicted molar refractivity (Wildman–Crippen MR) is 96.7 cm³/mol. The van der Waals surface area contributed by atoms with Gasteiger partial charge in [-0.15, -0.1) is 10.2 Å². The maximum atomic E-state index is 12.0. The van der Waals surface area contributed by atoms with Crippen LogP contribution in [0.1, 0.15) is 22.8 Å². The number of rotatable bonds is 9. The van der Waals surface area contributed by atoms with Gasteiger partial charge >= 0.3 is 0 Å². The normalized spacial score (nSPS) is 10.9. The number of furan rings is 1. The average molecular weight is 360 g/mol. The SMILES string of the molecule is Cc1[nH]cnc1CSCCNc1nnc(CCc2ccco2)c(=O)[nH]1. The largest absolute Gasteiger partial charge is 0.469 e. The van der Waals surface area contributed by atoms with Gasteiger partial charge in [-0.05, 0) is 19.1 Å². The summed E-state index contributed by atoms with van der Waals surface area (Å²) >= 11 is 1.76. The molecule has 0 aliphatic heterocycles. The van der Waals surface area contributed by atoms with Crippen molar-refractivity contribution in [2.45, 2.75) is 25.5 Å². The molecule has 0 atom stereocenters. The third-order valence-electron chi connectivity index (χ3n) is 3.66. The molecule has 0 aliphatic carbocycles. The molecular weight excluding hydrogens is 340 g/mol. The second-order valence-electron chi connectivity index (χ2n) is 5.48. The van der Waals surface area contributed by atoms with Gasteiger partial charge in [0.15, 0.2) is 0 Å². The fourth-order valence-electron chi connectivity index (χ4n) is 2.24. The number of thioether (sulfide) groups is 1. The van der Waals surface area contributed by atoms with E-state index in [1.807, 2.05) is 19.1 Å². The van der Waals surface area contributed by atoms with Gasteiger partial charge in [-0.1, -0.05) is 0 Å². The van der Waals surface area contributed by atoms with Gasteiger partial charge in [-0.2, -0.15) is 11.8 Å². The highest BCUT2D eigenvalue weighted by Crippen LogP contribution is 2.12. The maximum Gasteiger partial charge on any atom is 0.274 e. The number of hydrogen-bond donors (Lipinski definition) is 3. The highest BCUT2D eigenvalue weighted by molar-refractivity contribution is 7.98. The number of aryl methyl sites for hydroxylation is 3. The topological polar surface area (TPSA) is 112 Å². The number of nitrogens with zero attached hydrogens (tertiary/aromatic N) is 3. The first-order valence-electron chi connectivity index (χ1n) is 8.01. The highest BCUT2D eigenvalue weighted by atomic mass is 32.2. The summed E-state index contributed by atoms with van der Waals surface area (Å²) in [6, 6.07) is 3.70. The van der Waals surface area contributed by atoms with Crippen LogP contribution in [0.15, 0.2) is 33.9 Å². The molecule has 3 heterocycles. The Balaban J connectivity index is 1.41. The van der Waals surface area contributed by atoms with Gasteiger partial charge < -0.3 is 14.7 Å². The molecule has 3 rings (SSSR count). The molecule has 0 spiro atoms. The molecule has 3 aromatic rings. The van der Waals surface area contributed by atoms with E-state index in [-0.39, 0.29) is 5.56 Å². The lowest BCUT2D eigenvalue weighted by Gasteiger charge is -2.05. The summed E-state index contributed by atoms with van der Waals surface area (Å²) in [6.07, 6.45) is 4.44. The minimum Gasteiger partial charge on any atom is -0.469 e. The smallest absolute Gasteiger partial charge is 0.274 e. The lowest BCUT2D eigenvalue weighted by Crippen LogP contribution is -2.20. The number of H-pyrrole nitrogens is 2. The van der Waals surface area contributed by atoms with Crippen molar-refractivity contribution in [2.24, 2.45) is 0 Å². The minimum atomic E-state index is -0.219. The minimum absolute atomic E-state index is 0.219. The standard InChI is InChI=1S/C16H20N6O2S/c1-11-14(19-10-18-11)9-25-8-6-17-16-20-15(23)13(21-22-16)5-4-12-3-2-7-24-12/h2-3,7,10H,4-6,8-9H2,1H3,(H,18,19)(H2,17,20,22,23). The van der Waals surface area contributed by atoms with Crippen LogP contribution in [0.3, 0.4) is 0 Å². The van der Waals surface area contributed by atoms with Gasteiger partial charge in [0, 0.05) is 36.6 Å². The van der Waals surface area contributed by atoms with Gasteiger partial charge in [-0.25, -0.2) is 4.98 Å². The summed E-state index contributed by atoms with van der Waals surface area (Å²) in [4.78, 5) is 22.1. The second kappa shape index (κ2) is 8.52. The van der Waals surface area contributed by atoms with E-state index in [1.165, 1.54) is 0 Å². The molecule has 0 aromatic carbocycles. The fraction of sp³-hybridized carbons (Fsp3) is 0.375. The molecule has 3 N–H and O–H groups in total. The Labute approximate surface area is 148 Å². The highest BCUT2D eigenvalue weighted by Gasteiger charge is 2.06. The number of hydrogen-bond acceptors (Lipinski definition) is 7. The molecule has 0 saturated heterocycles. The van der Waals surface area contributed by atoms with Crippen molar-refractivity contribution < 1.29 is 4.42 Å². The van der Waals surface area contributed by atoms with E-state index in [9.17, 15) is 4.79 Å². The van der Waals surface area contributed by atoms with Crippen molar-refractivity contribution >= 4 is 17.7 Å². The molecule has 25 heavy (non-hydrogen) atoms. The molecular formula is C16H20N6O2S. The maximum absolute atomic E-state index is 12.0. The average Bonchev–Trinajstić information content (AvgIpc) is 3.26. The molecule has 0 saturated carbocycles. The van der Waals surface area contributed by atoms with Crippen LogP contribution >= 0.6 is 11.8 Å². The zero-order chi connectivity index (χ0) is 17.5. The Bertz CT molecular complexity index is 842. The second-order valence-corrected chi connectivity index (χ2v) is 6.59. The lowest BCUT2D eigenvalue weighted by molar-refractivity contribution is 0.506. The number of anilines is 1. The van der Waals surface area contributed by atoms with Crippen LogP contribution in [0.2, 0.25) is 0 Å². The van der Waals surface area contributed by atoms with Crippen molar-refractivity contribution in [2.75, 3.05) is 17.6 Å².